The first-order valence-corrected chi connectivity index (χ1v) is 6.85. The minimum Gasteiger partial charge on any atom is -0.361 e. The molecule has 0 unspecified atom stereocenters. The molecule has 10 heteroatoms. The Morgan fingerprint density at radius 3 is 2.32 bits per heavy atom. The van der Waals surface area contributed by atoms with Gasteiger partial charge in [-0.2, -0.15) is 31.6 Å². The SMILES string of the molecule is Cc1cc(CN(CC(F)(F)F)c2ccc(C#N)c(C(F)(F)F)c2)no1. The van der Waals surface area contributed by atoms with Crippen LogP contribution in [0, 0.1) is 18.3 Å². The van der Waals surface area contributed by atoms with E-state index in [-0.39, 0.29) is 11.4 Å². The van der Waals surface area contributed by atoms with Gasteiger partial charge in [0.2, 0.25) is 0 Å². The van der Waals surface area contributed by atoms with E-state index < -0.39 is 36.6 Å². The van der Waals surface area contributed by atoms with Gasteiger partial charge in [0.25, 0.3) is 0 Å². The van der Waals surface area contributed by atoms with E-state index in [1.807, 2.05) is 0 Å². The predicted molar refractivity (Wildman–Crippen MR) is 74.5 cm³/mol. The van der Waals surface area contributed by atoms with Crippen LogP contribution < -0.4 is 4.90 Å². The zero-order valence-electron chi connectivity index (χ0n) is 12.7. The fraction of sp³-hybridized carbons (Fsp3) is 0.333. The van der Waals surface area contributed by atoms with Crippen LogP contribution in [0.5, 0.6) is 0 Å². The molecule has 0 saturated heterocycles. The van der Waals surface area contributed by atoms with Crippen molar-refractivity contribution in [3.63, 3.8) is 0 Å². The average Bonchev–Trinajstić information content (AvgIpc) is 2.89. The number of nitrogens with zero attached hydrogens (tertiary/aromatic N) is 3. The summed E-state index contributed by atoms with van der Waals surface area (Å²) in [6, 6.07) is 5.17. The highest BCUT2D eigenvalue weighted by atomic mass is 19.4. The molecule has 0 spiro atoms. The number of halogens is 6. The lowest BCUT2D eigenvalue weighted by Crippen LogP contribution is -2.34. The summed E-state index contributed by atoms with van der Waals surface area (Å²) in [7, 11) is 0. The Labute approximate surface area is 138 Å². The lowest BCUT2D eigenvalue weighted by Gasteiger charge is -2.26. The van der Waals surface area contributed by atoms with E-state index in [0.717, 1.165) is 12.1 Å². The predicted octanol–water partition coefficient (Wildman–Crippen LogP) is 4.44. The van der Waals surface area contributed by atoms with E-state index in [0.29, 0.717) is 16.7 Å². The molecular formula is C15H11F6N3O. The maximum atomic E-state index is 13.0. The van der Waals surface area contributed by atoms with Gasteiger partial charge in [-0.05, 0) is 25.1 Å². The second-order valence-corrected chi connectivity index (χ2v) is 5.24. The van der Waals surface area contributed by atoms with Gasteiger partial charge >= 0.3 is 12.4 Å². The Kier molecular flexibility index (Phi) is 4.97. The maximum absolute atomic E-state index is 13.0. The molecule has 0 N–H and O–H groups in total. The average molecular weight is 363 g/mol. The highest BCUT2D eigenvalue weighted by Crippen LogP contribution is 2.35. The summed E-state index contributed by atoms with van der Waals surface area (Å²) in [6.45, 7) is -0.351. The highest BCUT2D eigenvalue weighted by Gasteiger charge is 2.36. The van der Waals surface area contributed by atoms with Crippen LogP contribution in [-0.4, -0.2) is 17.9 Å². The molecular weight excluding hydrogens is 352 g/mol. The molecule has 2 rings (SSSR count). The molecule has 0 aliphatic rings. The van der Waals surface area contributed by atoms with Crippen LogP contribution in [0.25, 0.3) is 0 Å². The van der Waals surface area contributed by atoms with Crippen LogP contribution in [0.2, 0.25) is 0 Å². The van der Waals surface area contributed by atoms with Gasteiger partial charge in [0.05, 0.1) is 23.7 Å². The third kappa shape index (κ3) is 4.89. The fourth-order valence-corrected chi connectivity index (χ4v) is 2.20. The number of hydrogen-bond acceptors (Lipinski definition) is 4. The topological polar surface area (TPSA) is 53.1 Å². The summed E-state index contributed by atoms with van der Waals surface area (Å²) in [4.78, 5) is 0.688. The van der Waals surface area contributed by atoms with Gasteiger partial charge in [-0.25, -0.2) is 0 Å². The van der Waals surface area contributed by atoms with E-state index in [1.165, 1.54) is 19.1 Å². The Morgan fingerprint density at radius 2 is 1.84 bits per heavy atom. The molecule has 0 fully saturated rings. The lowest BCUT2D eigenvalue weighted by molar-refractivity contribution is -0.137. The highest BCUT2D eigenvalue weighted by molar-refractivity contribution is 5.55. The lowest BCUT2D eigenvalue weighted by atomic mass is 10.1. The van der Waals surface area contributed by atoms with Crippen LogP contribution in [-0.2, 0) is 12.7 Å². The van der Waals surface area contributed by atoms with Gasteiger partial charge in [0.1, 0.15) is 18.0 Å². The molecule has 4 nitrogen and oxygen atoms in total. The van der Waals surface area contributed by atoms with E-state index in [9.17, 15) is 26.3 Å². The first kappa shape index (κ1) is 18.6. The van der Waals surface area contributed by atoms with Crippen molar-refractivity contribution in [1.82, 2.24) is 5.16 Å². The number of anilines is 1. The molecule has 2 aromatic rings. The minimum atomic E-state index is -4.87. The summed E-state index contributed by atoms with van der Waals surface area (Å²) in [6.07, 6.45) is -9.51. The number of benzene rings is 1. The third-order valence-corrected chi connectivity index (χ3v) is 3.19. The van der Waals surface area contributed by atoms with Crippen molar-refractivity contribution < 1.29 is 30.9 Å². The Morgan fingerprint density at radius 1 is 1.16 bits per heavy atom. The number of aromatic nitrogens is 1. The van der Waals surface area contributed by atoms with E-state index >= 15 is 0 Å². The van der Waals surface area contributed by atoms with Crippen LogP contribution in [0.3, 0.4) is 0 Å². The van der Waals surface area contributed by atoms with Gasteiger partial charge < -0.3 is 9.42 Å². The standard InChI is InChI=1S/C15H11F6N3O/c1-9-4-11(23-25-9)7-24(8-14(16,17)18)12-3-2-10(6-22)13(5-12)15(19,20)21/h2-5H,7-8H2,1H3. The molecule has 0 saturated carbocycles. The molecule has 134 valence electrons. The monoisotopic (exact) mass is 363 g/mol. The van der Waals surface area contributed by atoms with Crippen LogP contribution in [0.15, 0.2) is 28.8 Å². The molecule has 0 atom stereocenters. The molecule has 0 aliphatic heterocycles. The van der Waals surface area contributed by atoms with E-state index in [4.69, 9.17) is 9.78 Å². The van der Waals surface area contributed by atoms with Crippen LogP contribution in [0.4, 0.5) is 32.0 Å². The van der Waals surface area contributed by atoms with Gasteiger partial charge in [0.15, 0.2) is 0 Å². The smallest absolute Gasteiger partial charge is 0.361 e. The van der Waals surface area contributed by atoms with Crippen molar-refractivity contribution in [3.8, 4) is 6.07 Å². The van der Waals surface area contributed by atoms with Gasteiger partial charge in [-0.1, -0.05) is 5.16 Å². The van der Waals surface area contributed by atoms with Crippen molar-refractivity contribution >= 4 is 5.69 Å². The normalized spacial score (nSPS) is 12.1. The number of alkyl halides is 6. The zero-order chi connectivity index (χ0) is 18.8. The van der Waals surface area contributed by atoms with Crippen LogP contribution >= 0.6 is 0 Å². The first-order chi connectivity index (χ1) is 11.5. The molecule has 0 bridgehead atoms. The Bertz CT molecular complexity index is 788. The van der Waals surface area contributed by atoms with Crippen molar-refractivity contribution in [2.24, 2.45) is 0 Å². The molecule has 0 aliphatic carbocycles. The number of aryl methyl sites for hydroxylation is 1. The summed E-state index contributed by atoms with van der Waals surface area (Å²) < 4.78 is 82.3. The van der Waals surface area contributed by atoms with Gasteiger partial charge in [-0.15, -0.1) is 0 Å². The van der Waals surface area contributed by atoms with Gasteiger partial charge in [0, 0.05) is 11.8 Å². The van der Waals surface area contributed by atoms with Crippen molar-refractivity contribution in [2.45, 2.75) is 25.8 Å². The minimum absolute atomic E-state index is 0.139. The first-order valence-electron chi connectivity index (χ1n) is 6.85. The molecule has 1 aromatic heterocycles. The Balaban J connectivity index is 2.44. The van der Waals surface area contributed by atoms with Crippen LogP contribution in [0.1, 0.15) is 22.6 Å². The number of hydrogen-bond donors (Lipinski definition) is 0. The fourth-order valence-electron chi connectivity index (χ4n) is 2.20. The summed E-state index contributed by atoms with van der Waals surface area (Å²) in [5.41, 5.74) is -2.15. The van der Waals surface area contributed by atoms with E-state index in [2.05, 4.69) is 5.16 Å². The number of nitriles is 1. The second-order valence-electron chi connectivity index (χ2n) is 5.24. The molecule has 1 heterocycles. The molecule has 25 heavy (non-hydrogen) atoms. The molecule has 0 amide bonds. The zero-order valence-corrected chi connectivity index (χ0v) is 12.7. The third-order valence-electron chi connectivity index (χ3n) is 3.19. The summed E-state index contributed by atoms with van der Waals surface area (Å²) in [5, 5.41) is 12.3. The maximum Gasteiger partial charge on any atom is 0.417 e. The Hall–Kier alpha value is -2.70. The quantitative estimate of drug-likeness (QED) is 0.754. The second kappa shape index (κ2) is 6.66. The van der Waals surface area contributed by atoms with Crippen molar-refractivity contribution in [3.05, 3.63) is 46.8 Å². The molecule has 0 radical (unpaired) electrons. The summed E-state index contributed by atoms with van der Waals surface area (Å²) in [5.74, 6) is 0.359. The molecule has 1 aromatic carbocycles. The largest absolute Gasteiger partial charge is 0.417 e. The van der Waals surface area contributed by atoms with Gasteiger partial charge in [-0.3, -0.25) is 0 Å². The van der Waals surface area contributed by atoms with Crippen molar-refractivity contribution in [1.29, 1.82) is 5.26 Å². The van der Waals surface area contributed by atoms with E-state index in [1.54, 1.807) is 0 Å². The van der Waals surface area contributed by atoms with Crippen molar-refractivity contribution in [2.75, 3.05) is 11.4 Å². The summed E-state index contributed by atoms with van der Waals surface area (Å²) >= 11 is 0. The number of rotatable bonds is 4.